The molecule has 78 valence electrons. The fourth-order valence-corrected chi connectivity index (χ4v) is 1.60. The van der Waals surface area contributed by atoms with Crippen LogP contribution < -0.4 is 0 Å². The summed E-state index contributed by atoms with van der Waals surface area (Å²) in [6, 6.07) is -4.74. The van der Waals surface area contributed by atoms with Gasteiger partial charge in [0, 0.05) is 16.8 Å². The molecule has 0 saturated heterocycles. The van der Waals surface area contributed by atoms with Gasteiger partial charge in [0.1, 0.15) is 0 Å². The standard InChI is InChI=1S/C15H13N/c1-12-11-13-7-5-6-10-15(13)16(12)14-8-3-2-4-9-14/h2-11H,1H3/i2D,3D,4D,5D,6D,7D,8D,9D,10D,11D. The van der Waals surface area contributed by atoms with Crippen molar-refractivity contribution in [3.8, 4) is 5.69 Å². The Morgan fingerprint density at radius 2 is 1.62 bits per heavy atom. The van der Waals surface area contributed by atoms with Gasteiger partial charge in [0.05, 0.1) is 19.2 Å². The number of hydrogen-bond acceptors (Lipinski definition) is 0. The van der Waals surface area contributed by atoms with Gasteiger partial charge in [-0.15, -0.1) is 0 Å². The number of aromatic nitrogens is 1. The Labute approximate surface area is 109 Å². The molecule has 0 fully saturated rings. The highest BCUT2D eigenvalue weighted by Gasteiger charge is 2.05. The summed E-state index contributed by atoms with van der Waals surface area (Å²) < 4.78 is 80.8. The molecule has 1 heterocycles. The van der Waals surface area contributed by atoms with Crippen molar-refractivity contribution >= 4 is 10.9 Å². The zero-order chi connectivity index (χ0) is 19.7. The molecule has 0 atom stereocenters. The number of nitrogens with zero attached hydrogens (tertiary/aromatic N) is 1. The molecule has 1 nitrogen and oxygen atoms in total. The van der Waals surface area contributed by atoms with E-state index in [9.17, 15) is 0 Å². The second-order valence-electron chi connectivity index (χ2n) is 3.24. The maximum absolute atomic E-state index is 8.23. The maximum Gasteiger partial charge on any atom is 0.0648 e. The fourth-order valence-electron chi connectivity index (χ4n) is 1.60. The highest BCUT2D eigenvalue weighted by Crippen LogP contribution is 2.23. The SMILES string of the molecule is [2H]c1c([2H])c([2H])c(-n2c(C)c([2H])c3c([2H])c([2H])c([2H])c([2H])c32)c([2H])c1[2H]. The molecule has 3 aromatic rings. The molecule has 0 aliphatic rings. The molecule has 2 aromatic carbocycles. The summed E-state index contributed by atoms with van der Waals surface area (Å²) in [6.07, 6.45) is 0. The molecule has 0 spiro atoms. The van der Waals surface area contributed by atoms with Crippen LogP contribution in [0.25, 0.3) is 16.6 Å². The Morgan fingerprint density at radius 1 is 0.938 bits per heavy atom. The first-order chi connectivity index (χ1) is 12.0. The Kier molecular flexibility index (Phi) is 0.769. The normalized spacial score (nSPS) is 19.6. The molecule has 0 aliphatic carbocycles. The topological polar surface area (TPSA) is 4.93 Å². The van der Waals surface area contributed by atoms with Crippen molar-refractivity contribution in [2.45, 2.75) is 6.92 Å². The summed E-state index contributed by atoms with van der Waals surface area (Å²) in [5.74, 6) is 0. The highest BCUT2D eigenvalue weighted by atomic mass is 15.0. The minimum atomic E-state index is -0.564. The van der Waals surface area contributed by atoms with Crippen LogP contribution in [0.3, 0.4) is 0 Å². The molecule has 0 radical (unpaired) electrons. The van der Waals surface area contributed by atoms with Crippen LogP contribution in [0.4, 0.5) is 0 Å². The molecule has 0 bridgehead atoms. The molecule has 0 saturated carbocycles. The Morgan fingerprint density at radius 3 is 2.44 bits per heavy atom. The Bertz CT molecular complexity index is 1070. The van der Waals surface area contributed by atoms with Gasteiger partial charge in [0.25, 0.3) is 0 Å². The van der Waals surface area contributed by atoms with Crippen LogP contribution in [0, 0.1) is 6.92 Å². The van der Waals surface area contributed by atoms with E-state index < -0.39 is 54.4 Å². The van der Waals surface area contributed by atoms with Gasteiger partial charge in [-0.3, -0.25) is 0 Å². The third kappa shape index (κ3) is 1.33. The summed E-state index contributed by atoms with van der Waals surface area (Å²) in [4.78, 5) is 0. The minimum absolute atomic E-state index is 0.0553. The zero-order valence-corrected chi connectivity index (χ0v) is 8.45. The van der Waals surface area contributed by atoms with Gasteiger partial charge < -0.3 is 4.57 Å². The van der Waals surface area contributed by atoms with Gasteiger partial charge in [0.2, 0.25) is 0 Å². The average Bonchev–Trinajstić information content (AvgIpc) is 2.87. The Balaban J connectivity index is 2.64. The third-order valence-corrected chi connectivity index (χ3v) is 2.24. The molecule has 1 heteroatoms. The number of fused-ring (bicyclic) bond motifs is 1. The van der Waals surface area contributed by atoms with Gasteiger partial charge in [-0.05, 0) is 31.1 Å². The number of rotatable bonds is 1. The van der Waals surface area contributed by atoms with Crippen molar-refractivity contribution in [2.24, 2.45) is 0 Å². The van der Waals surface area contributed by atoms with Gasteiger partial charge in [-0.2, -0.15) is 0 Å². The van der Waals surface area contributed by atoms with Crippen LogP contribution in [-0.4, -0.2) is 4.57 Å². The lowest BCUT2D eigenvalue weighted by Crippen LogP contribution is -1.94. The minimum Gasteiger partial charge on any atom is -0.314 e. The summed E-state index contributed by atoms with van der Waals surface area (Å²) in [5, 5.41) is -0.0553. The fraction of sp³-hybridized carbons (Fsp3) is 0.0667. The molecule has 0 amide bonds. The van der Waals surface area contributed by atoms with Crippen molar-refractivity contribution in [1.29, 1.82) is 0 Å². The highest BCUT2D eigenvalue weighted by molar-refractivity contribution is 5.83. The smallest absolute Gasteiger partial charge is 0.0648 e. The summed E-state index contributed by atoms with van der Waals surface area (Å²) in [6.45, 7) is 1.47. The second kappa shape index (κ2) is 3.53. The van der Waals surface area contributed by atoms with Gasteiger partial charge in [-0.25, -0.2) is 0 Å². The zero-order valence-electron chi connectivity index (χ0n) is 18.4. The van der Waals surface area contributed by atoms with E-state index in [4.69, 9.17) is 13.7 Å². The second-order valence-corrected chi connectivity index (χ2v) is 3.24. The lowest BCUT2D eigenvalue weighted by molar-refractivity contribution is 1.05. The molecule has 3 rings (SSSR count). The van der Waals surface area contributed by atoms with E-state index in [1.54, 1.807) is 0 Å². The van der Waals surface area contributed by atoms with E-state index in [0.29, 0.717) is 0 Å². The van der Waals surface area contributed by atoms with Crippen molar-refractivity contribution < 1.29 is 13.7 Å². The van der Waals surface area contributed by atoms with Crippen LogP contribution >= 0.6 is 0 Å². The first-order valence-corrected chi connectivity index (χ1v) is 4.67. The molecule has 0 unspecified atom stereocenters. The maximum atomic E-state index is 8.23. The third-order valence-electron chi connectivity index (χ3n) is 2.24. The van der Waals surface area contributed by atoms with Crippen molar-refractivity contribution in [2.75, 3.05) is 0 Å². The molecule has 1 aromatic heterocycles. The van der Waals surface area contributed by atoms with Crippen LogP contribution in [0.15, 0.2) is 60.4 Å². The molecule has 0 N–H and O–H groups in total. The Hall–Kier alpha value is -2.02. The summed E-state index contributed by atoms with van der Waals surface area (Å²) >= 11 is 0. The summed E-state index contributed by atoms with van der Waals surface area (Å²) in [5.41, 5.74) is -0.176. The van der Waals surface area contributed by atoms with Crippen LogP contribution in [0.1, 0.15) is 19.4 Å². The van der Waals surface area contributed by atoms with Crippen LogP contribution in [0.2, 0.25) is 0 Å². The number of hydrogen-bond donors (Lipinski definition) is 0. The van der Waals surface area contributed by atoms with E-state index in [-0.39, 0.29) is 28.3 Å². The van der Waals surface area contributed by atoms with Crippen LogP contribution in [-0.2, 0) is 0 Å². The predicted octanol–water partition coefficient (Wildman–Crippen LogP) is 3.94. The first-order valence-electron chi connectivity index (χ1n) is 9.67. The van der Waals surface area contributed by atoms with E-state index in [0.717, 1.165) is 4.57 Å². The average molecular weight is 217 g/mol. The van der Waals surface area contributed by atoms with Crippen molar-refractivity contribution in [1.82, 2.24) is 4.57 Å². The summed E-state index contributed by atoms with van der Waals surface area (Å²) in [7, 11) is 0. The first kappa shape index (κ1) is 3.49. The van der Waals surface area contributed by atoms with E-state index in [1.807, 2.05) is 0 Å². The van der Waals surface area contributed by atoms with Crippen molar-refractivity contribution in [3.63, 3.8) is 0 Å². The number of benzene rings is 2. The molecule has 0 aliphatic heterocycles. The van der Waals surface area contributed by atoms with E-state index in [2.05, 4.69) is 0 Å². The van der Waals surface area contributed by atoms with E-state index >= 15 is 0 Å². The predicted molar refractivity (Wildman–Crippen MR) is 68.0 cm³/mol. The van der Waals surface area contributed by atoms with E-state index in [1.165, 1.54) is 6.92 Å². The number of para-hydroxylation sites is 2. The quantitative estimate of drug-likeness (QED) is 0.582. The largest absolute Gasteiger partial charge is 0.314 e. The monoisotopic (exact) mass is 217 g/mol. The lowest BCUT2D eigenvalue weighted by atomic mass is 10.2. The molecule has 16 heavy (non-hydrogen) atoms. The molecular weight excluding hydrogens is 194 g/mol. The van der Waals surface area contributed by atoms with Gasteiger partial charge in [-0.1, -0.05) is 36.3 Å². The van der Waals surface area contributed by atoms with Crippen molar-refractivity contribution in [3.05, 3.63) is 66.1 Å². The molecular formula is C15H13N. The lowest BCUT2D eigenvalue weighted by Gasteiger charge is -2.07. The van der Waals surface area contributed by atoms with Gasteiger partial charge >= 0.3 is 0 Å². The van der Waals surface area contributed by atoms with Crippen LogP contribution in [0.5, 0.6) is 0 Å². The van der Waals surface area contributed by atoms with Gasteiger partial charge in [0.15, 0.2) is 0 Å².